The Morgan fingerprint density at radius 3 is 2.42 bits per heavy atom. The number of rotatable bonds is 4. The van der Waals surface area contributed by atoms with Gasteiger partial charge in [0.1, 0.15) is 5.82 Å². The molecule has 1 aromatic carbocycles. The molecule has 0 radical (unpaired) electrons. The normalized spacial score (nSPS) is 25.8. The number of aliphatic hydroxyl groups excluding tert-OH is 1. The van der Waals surface area contributed by atoms with Crippen LogP contribution >= 0.6 is 0 Å². The predicted octanol–water partition coefficient (Wildman–Crippen LogP) is 2.09. The zero-order valence-corrected chi connectivity index (χ0v) is 11.4. The van der Waals surface area contributed by atoms with Crippen molar-refractivity contribution in [3.05, 3.63) is 35.6 Å². The highest BCUT2D eigenvalue weighted by Crippen LogP contribution is 2.46. The number of aliphatic hydroxyl groups is 1. The van der Waals surface area contributed by atoms with Crippen LogP contribution in [0.4, 0.5) is 4.39 Å². The average molecular weight is 265 g/mol. The summed E-state index contributed by atoms with van der Waals surface area (Å²) in [6, 6.07) is 6.38. The third kappa shape index (κ3) is 2.25. The van der Waals surface area contributed by atoms with Crippen LogP contribution in [0.2, 0.25) is 0 Å². The van der Waals surface area contributed by atoms with Gasteiger partial charge in [-0.05, 0) is 32.8 Å². The molecule has 1 N–H and O–H groups in total. The molecule has 0 heterocycles. The summed E-state index contributed by atoms with van der Waals surface area (Å²) in [5, 5.41) is 9.62. The summed E-state index contributed by atoms with van der Waals surface area (Å²) in [7, 11) is 0. The van der Waals surface area contributed by atoms with Crippen molar-refractivity contribution in [2.75, 3.05) is 13.1 Å². The molecular formula is C15H20FNO2. The average Bonchev–Trinajstić information content (AvgIpc) is 2.37. The number of nitrogens with zero attached hydrogens (tertiary/aromatic N) is 1. The highest BCUT2D eigenvalue weighted by atomic mass is 19.1. The van der Waals surface area contributed by atoms with E-state index in [4.69, 9.17) is 0 Å². The molecular weight excluding hydrogens is 245 g/mol. The van der Waals surface area contributed by atoms with E-state index in [1.165, 1.54) is 6.07 Å². The fourth-order valence-corrected chi connectivity index (χ4v) is 2.92. The standard InChI is InChI=1S/C15H20FNO2/c1-3-17(4-2)14(19)15(9-11(18)10-15)12-7-5-6-8-13(12)16/h5-8,11,18H,3-4,9-10H2,1-2H3. The van der Waals surface area contributed by atoms with Gasteiger partial charge in [-0.25, -0.2) is 4.39 Å². The SMILES string of the molecule is CCN(CC)C(=O)C1(c2ccccc2F)CC(O)C1. The van der Waals surface area contributed by atoms with Gasteiger partial charge in [-0.15, -0.1) is 0 Å². The van der Waals surface area contributed by atoms with Crippen molar-refractivity contribution in [2.24, 2.45) is 0 Å². The maximum Gasteiger partial charge on any atom is 0.233 e. The van der Waals surface area contributed by atoms with Crippen LogP contribution in [0.3, 0.4) is 0 Å². The molecule has 0 aromatic heterocycles. The van der Waals surface area contributed by atoms with Gasteiger partial charge in [0.15, 0.2) is 0 Å². The molecule has 0 unspecified atom stereocenters. The minimum absolute atomic E-state index is 0.0760. The van der Waals surface area contributed by atoms with E-state index >= 15 is 0 Å². The Kier molecular flexibility index (Phi) is 3.90. The van der Waals surface area contributed by atoms with E-state index in [0.717, 1.165) is 0 Å². The molecule has 104 valence electrons. The summed E-state index contributed by atoms with van der Waals surface area (Å²) in [6.45, 7) is 5.01. The minimum Gasteiger partial charge on any atom is -0.393 e. The molecule has 1 aliphatic rings. The highest BCUT2D eigenvalue weighted by molar-refractivity contribution is 5.89. The lowest BCUT2D eigenvalue weighted by atomic mass is 9.61. The Morgan fingerprint density at radius 2 is 1.95 bits per heavy atom. The molecule has 1 amide bonds. The van der Waals surface area contributed by atoms with Crippen LogP contribution in [-0.2, 0) is 10.2 Å². The summed E-state index contributed by atoms with van der Waals surface area (Å²) < 4.78 is 14.0. The second kappa shape index (κ2) is 5.29. The fourth-order valence-electron chi connectivity index (χ4n) is 2.92. The Labute approximate surface area is 113 Å². The maximum absolute atomic E-state index is 14.0. The third-order valence-electron chi connectivity index (χ3n) is 4.02. The number of hydrogen-bond donors (Lipinski definition) is 1. The lowest BCUT2D eigenvalue weighted by Gasteiger charge is -2.46. The summed E-state index contributed by atoms with van der Waals surface area (Å²) >= 11 is 0. The van der Waals surface area contributed by atoms with Crippen LogP contribution in [0.1, 0.15) is 32.3 Å². The van der Waals surface area contributed by atoms with E-state index in [0.29, 0.717) is 31.5 Å². The van der Waals surface area contributed by atoms with E-state index in [1.54, 1.807) is 23.1 Å². The van der Waals surface area contributed by atoms with Gasteiger partial charge < -0.3 is 10.0 Å². The second-order valence-electron chi connectivity index (χ2n) is 5.10. The van der Waals surface area contributed by atoms with Gasteiger partial charge in [0, 0.05) is 18.7 Å². The molecule has 1 fully saturated rings. The smallest absolute Gasteiger partial charge is 0.233 e. The topological polar surface area (TPSA) is 40.5 Å². The van der Waals surface area contributed by atoms with Crippen molar-refractivity contribution in [1.82, 2.24) is 4.90 Å². The zero-order valence-electron chi connectivity index (χ0n) is 11.4. The number of hydrogen-bond acceptors (Lipinski definition) is 2. The number of amides is 1. The zero-order chi connectivity index (χ0) is 14.0. The summed E-state index contributed by atoms with van der Waals surface area (Å²) in [5.41, 5.74) is -0.464. The lowest BCUT2D eigenvalue weighted by molar-refractivity contribution is -0.146. The summed E-state index contributed by atoms with van der Waals surface area (Å²) in [5.74, 6) is -0.442. The van der Waals surface area contributed by atoms with E-state index in [1.807, 2.05) is 13.8 Å². The van der Waals surface area contributed by atoms with E-state index in [9.17, 15) is 14.3 Å². The Hall–Kier alpha value is -1.42. The van der Waals surface area contributed by atoms with Crippen molar-refractivity contribution in [3.63, 3.8) is 0 Å². The molecule has 1 aromatic rings. The highest BCUT2D eigenvalue weighted by Gasteiger charge is 2.53. The molecule has 0 aliphatic heterocycles. The fraction of sp³-hybridized carbons (Fsp3) is 0.533. The predicted molar refractivity (Wildman–Crippen MR) is 71.2 cm³/mol. The summed E-state index contributed by atoms with van der Waals surface area (Å²) in [4.78, 5) is 14.4. The van der Waals surface area contributed by atoms with E-state index < -0.39 is 11.5 Å². The molecule has 4 heteroatoms. The van der Waals surface area contributed by atoms with E-state index in [2.05, 4.69) is 0 Å². The monoisotopic (exact) mass is 265 g/mol. The van der Waals surface area contributed by atoms with E-state index in [-0.39, 0.29) is 11.7 Å². The Bertz CT molecular complexity index is 465. The van der Waals surface area contributed by atoms with Crippen LogP contribution in [-0.4, -0.2) is 35.1 Å². The van der Waals surface area contributed by atoms with Gasteiger partial charge in [-0.1, -0.05) is 18.2 Å². The molecule has 0 bridgehead atoms. The van der Waals surface area contributed by atoms with Crippen molar-refractivity contribution in [2.45, 2.75) is 38.2 Å². The van der Waals surface area contributed by atoms with Crippen LogP contribution in [0.25, 0.3) is 0 Å². The van der Waals surface area contributed by atoms with Gasteiger partial charge in [0.05, 0.1) is 11.5 Å². The number of carbonyl (C=O) groups is 1. The van der Waals surface area contributed by atoms with Gasteiger partial charge in [0.2, 0.25) is 5.91 Å². The number of benzene rings is 1. The molecule has 0 saturated heterocycles. The van der Waals surface area contributed by atoms with Gasteiger partial charge in [-0.3, -0.25) is 4.79 Å². The second-order valence-corrected chi connectivity index (χ2v) is 5.10. The molecule has 0 spiro atoms. The molecule has 1 saturated carbocycles. The Balaban J connectivity index is 2.39. The van der Waals surface area contributed by atoms with Crippen molar-refractivity contribution in [1.29, 1.82) is 0 Å². The molecule has 0 atom stereocenters. The lowest BCUT2D eigenvalue weighted by Crippen LogP contribution is -2.56. The first kappa shape index (κ1) is 14.0. The number of halogens is 1. The molecule has 3 nitrogen and oxygen atoms in total. The molecule has 19 heavy (non-hydrogen) atoms. The first-order chi connectivity index (χ1) is 9.05. The van der Waals surface area contributed by atoms with Crippen molar-refractivity contribution in [3.8, 4) is 0 Å². The summed E-state index contributed by atoms with van der Waals surface area (Å²) in [6.07, 6.45) is 0.103. The number of carbonyl (C=O) groups excluding carboxylic acids is 1. The van der Waals surface area contributed by atoms with Crippen LogP contribution in [0, 0.1) is 5.82 Å². The first-order valence-electron chi connectivity index (χ1n) is 6.77. The van der Waals surface area contributed by atoms with Crippen LogP contribution < -0.4 is 0 Å². The minimum atomic E-state index is -0.878. The first-order valence-corrected chi connectivity index (χ1v) is 6.77. The van der Waals surface area contributed by atoms with Gasteiger partial charge in [0.25, 0.3) is 0 Å². The third-order valence-corrected chi connectivity index (χ3v) is 4.02. The van der Waals surface area contributed by atoms with Gasteiger partial charge >= 0.3 is 0 Å². The maximum atomic E-state index is 14.0. The number of likely N-dealkylation sites (N-methyl/N-ethyl adjacent to an activating group) is 1. The van der Waals surface area contributed by atoms with Crippen molar-refractivity contribution >= 4 is 5.91 Å². The van der Waals surface area contributed by atoms with Crippen LogP contribution in [0.5, 0.6) is 0 Å². The molecule has 1 aliphatic carbocycles. The van der Waals surface area contributed by atoms with Gasteiger partial charge in [-0.2, -0.15) is 0 Å². The quantitative estimate of drug-likeness (QED) is 0.905. The van der Waals surface area contributed by atoms with Crippen LogP contribution in [0.15, 0.2) is 24.3 Å². The Morgan fingerprint density at radius 1 is 1.37 bits per heavy atom. The largest absolute Gasteiger partial charge is 0.393 e. The molecule has 2 rings (SSSR count). The van der Waals surface area contributed by atoms with Crippen molar-refractivity contribution < 1.29 is 14.3 Å².